The number of carbonyl (C=O) groups excluding carboxylic acids is 1. The average molecular weight is 291 g/mol. The fraction of sp³-hybridized carbons (Fsp3) is 0.417. The molecular formula is C12H16Cl2N2O2. The zero-order chi connectivity index (χ0) is 13.8. The molecule has 0 atom stereocenters. The number of urea groups is 1. The number of rotatable bonds is 4. The standard InChI is InChI=1S/C12H16Cl2N2O2/c1-12(2,3-4-17)16-11(18)15-10-6-8(13)5-9(14)7-10/h5-7,17H,3-4H2,1-2H3,(H2,15,16,18). The van der Waals surface area contributed by atoms with E-state index in [-0.39, 0.29) is 12.6 Å². The fourth-order valence-corrected chi connectivity index (χ4v) is 1.96. The van der Waals surface area contributed by atoms with Gasteiger partial charge in [-0.3, -0.25) is 0 Å². The normalized spacial score (nSPS) is 11.2. The van der Waals surface area contributed by atoms with Crippen molar-refractivity contribution in [3.8, 4) is 0 Å². The molecule has 0 fully saturated rings. The molecule has 0 saturated carbocycles. The van der Waals surface area contributed by atoms with Crippen molar-refractivity contribution in [3.05, 3.63) is 28.2 Å². The Balaban J connectivity index is 2.64. The third-order valence-corrected chi connectivity index (χ3v) is 2.75. The molecule has 0 aliphatic rings. The van der Waals surface area contributed by atoms with Gasteiger partial charge in [-0.05, 0) is 38.5 Å². The molecular weight excluding hydrogens is 275 g/mol. The minimum atomic E-state index is -0.485. The summed E-state index contributed by atoms with van der Waals surface area (Å²) < 4.78 is 0. The summed E-state index contributed by atoms with van der Waals surface area (Å²) in [6.45, 7) is 3.66. The Morgan fingerprint density at radius 1 is 1.28 bits per heavy atom. The highest BCUT2D eigenvalue weighted by Gasteiger charge is 2.19. The van der Waals surface area contributed by atoms with E-state index in [9.17, 15) is 4.79 Å². The molecule has 0 radical (unpaired) electrons. The van der Waals surface area contributed by atoms with E-state index in [0.29, 0.717) is 22.2 Å². The average Bonchev–Trinajstić information content (AvgIpc) is 2.13. The minimum absolute atomic E-state index is 0.0102. The third-order valence-electron chi connectivity index (χ3n) is 2.31. The Hall–Kier alpha value is -0.970. The first-order valence-electron chi connectivity index (χ1n) is 5.48. The van der Waals surface area contributed by atoms with Crippen molar-refractivity contribution in [1.29, 1.82) is 0 Å². The van der Waals surface area contributed by atoms with Crippen molar-refractivity contribution in [3.63, 3.8) is 0 Å². The van der Waals surface area contributed by atoms with Gasteiger partial charge in [0.2, 0.25) is 0 Å². The van der Waals surface area contributed by atoms with Crippen LogP contribution in [-0.2, 0) is 0 Å². The van der Waals surface area contributed by atoms with E-state index in [4.69, 9.17) is 28.3 Å². The van der Waals surface area contributed by atoms with Gasteiger partial charge in [-0.2, -0.15) is 0 Å². The molecule has 0 bridgehead atoms. The van der Waals surface area contributed by atoms with E-state index in [0.717, 1.165) is 0 Å². The number of benzene rings is 1. The Labute approximate surface area is 116 Å². The molecule has 6 heteroatoms. The summed E-state index contributed by atoms with van der Waals surface area (Å²) >= 11 is 11.7. The summed E-state index contributed by atoms with van der Waals surface area (Å²) in [5.74, 6) is 0. The molecule has 1 rings (SSSR count). The maximum atomic E-state index is 11.7. The second-order valence-corrected chi connectivity index (χ2v) is 5.47. The van der Waals surface area contributed by atoms with Gasteiger partial charge < -0.3 is 15.7 Å². The molecule has 3 N–H and O–H groups in total. The highest BCUT2D eigenvalue weighted by Crippen LogP contribution is 2.22. The van der Waals surface area contributed by atoms with Crippen molar-refractivity contribution >= 4 is 34.9 Å². The van der Waals surface area contributed by atoms with Gasteiger partial charge in [-0.15, -0.1) is 0 Å². The number of aliphatic hydroxyl groups excluding tert-OH is 1. The molecule has 0 saturated heterocycles. The van der Waals surface area contributed by atoms with Gasteiger partial charge in [0.1, 0.15) is 0 Å². The van der Waals surface area contributed by atoms with E-state index >= 15 is 0 Å². The lowest BCUT2D eigenvalue weighted by atomic mass is 10.0. The molecule has 0 aromatic heterocycles. The highest BCUT2D eigenvalue weighted by molar-refractivity contribution is 6.35. The number of hydrogen-bond donors (Lipinski definition) is 3. The number of amides is 2. The molecule has 2 amide bonds. The van der Waals surface area contributed by atoms with Crippen LogP contribution in [0.3, 0.4) is 0 Å². The lowest BCUT2D eigenvalue weighted by Crippen LogP contribution is -2.46. The van der Waals surface area contributed by atoms with Crippen LogP contribution in [0.5, 0.6) is 0 Å². The van der Waals surface area contributed by atoms with Crippen molar-refractivity contribution in [2.24, 2.45) is 0 Å². The van der Waals surface area contributed by atoms with E-state index in [1.165, 1.54) is 0 Å². The van der Waals surface area contributed by atoms with Crippen molar-refractivity contribution in [2.45, 2.75) is 25.8 Å². The zero-order valence-corrected chi connectivity index (χ0v) is 11.8. The molecule has 0 aliphatic heterocycles. The second kappa shape index (κ2) is 6.27. The fourth-order valence-electron chi connectivity index (χ4n) is 1.44. The van der Waals surface area contributed by atoms with E-state index in [1.807, 2.05) is 13.8 Å². The predicted octanol–water partition coefficient (Wildman–Crippen LogP) is 3.28. The van der Waals surface area contributed by atoms with Crippen LogP contribution in [0.4, 0.5) is 10.5 Å². The van der Waals surface area contributed by atoms with Crippen molar-refractivity contribution in [2.75, 3.05) is 11.9 Å². The lowest BCUT2D eigenvalue weighted by Gasteiger charge is -2.25. The summed E-state index contributed by atoms with van der Waals surface area (Å²) in [6.07, 6.45) is 0.469. The zero-order valence-electron chi connectivity index (χ0n) is 10.3. The summed E-state index contributed by atoms with van der Waals surface area (Å²) in [5, 5.41) is 15.2. The number of hydrogen-bond acceptors (Lipinski definition) is 2. The molecule has 0 aliphatic carbocycles. The topological polar surface area (TPSA) is 61.4 Å². The summed E-state index contributed by atoms with van der Waals surface area (Å²) in [5.41, 5.74) is 0.0334. The van der Waals surface area contributed by atoms with Crippen molar-refractivity contribution in [1.82, 2.24) is 5.32 Å². The van der Waals surface area contributed by atoms with Gasteiger partial charge in [0.25, 0.3) is 0 Å². The van der Waals surface area contributed by atoms with Gasteiger partial charge >= 0.3 is 6.03 Å². The summed E-state index contributed by atoms with van der Waals surface area (Å²) in [4.78, 5) is 11.7. The van der Waals surface area contributed by atoms with Crippen LogP contribution in [-0.4, -0.2) is 23.3 Å². The highest BCUT2D eigenvalue weighted by atomic mass is 35.5. The lowest BCUT2D eigenvalue weighted by molar-refractivity contribution is 0.218. The quantitative estimate of drug-likeness (QED) is 0.797. The summed E-state index contributed by atoms with van der Waals surface area (Å²) in [7, 11) is 0. The monoisotopic (exact) mass is 290 g/mol. The summed E-state index contributed by atoms with van der Waals surface area (Å²) in [6, 6.07) is 4.42. The van der Waals surface area contributed by atoms with Gasteiger partial charge in [-0.25, -0.2) is 4.79 Å². The van der Waals surface area contributed by atoms with Crippen molar-refractivity contribution < 1.29 is 9.90 Å². The molecule has 0 unspecified atom stereocenters. The number of carbonyl (C=O) groups is 1. The second-order valence-electron chi connectivity index (χ2n) is 4.59. The first-order valence-corrected chi connectivity index (χ1v) is 6.24. The SMILES string of the molecule is CC(C)(CCO)NC(=O)Nc1cc(Cl)cc(Cl)c1. The predicted molar refractivity (Wildman–Crippen MR) is 74.4 cm³/mol. The van der Waals surface area contributed by atoms with Gasteiger partial charge in [0, 0.05) is 27.9 Å². The first-order chi connectivity index (χ1) is 8.32. The Bertz CT molecular complexity index is 416. The van der Waals surface area contributed by atoms with E-state index < -0.39 is 5.54 Å². The Morgan fingerprint density at radius 3 is 2.33 bits per heavy atom. The van der Waals surface area contributed by atoms with Crippen LogP contribution in [0.25, 0.3) is 0 Å². The van der Waals surface area contributed by atoms with Crippen LogP contribution in [0.2, 0.25) is 10.0 Å². The molecule has 18 heavy (non-hydrogen) atoms. The molecule has 1 aromatic rings. The smallest absolute Gasteiger partial charge is 0.319 e. The van der Waals surface area contributed by atoms with Crippen LogP contribution >= 0.6 is 23.2 Å². The van der Waals surface area contributed by atoms with Crippen LogP contribution in [0.1, 0.15) is 20.3 Å². The van der Waals surface area contributed by atoms with Gasteiger partial charge in [0.05, 0.1) is 0 Å². The van der Waals surface area contributed by atoms with Gasteiger partial charge in [-0.1, -0.05) is 23.2 Å². The Kier molecular flexibility index (Phi) is 5.26. The third kappa shape index (κ3) is 5.12. The largest absolute Gasteiger partial charge is 0.396 e. The first kappa shape index (κ1) is 15.1. The van der Waals surface area contributed by atoms with Crippen LogP contribution in [0.15, 0.2) is 18.2 Å². The number of anilines is 1. The van der Waals surface area contributed by atoms with E-state index in [1.54, 1.807) is 18.2 Å². The Morgan fingerprint density at radius 2 is 1.83 bits per heavy atom. The molecule has 4 nitrogen and oxygen atoms in total. The molecule has 100 valence electrons. The maximum Gasteiger partial charge on any atom is 0.319 e. The number of aliphatic hydroxyl groups is 1. The molecule has 1 aromatic carbocycles. The maximum absolute atomic E-state index is 11.7. The molecule has 0 heterocycles. The van der Waals surface area contributed by atoms with Crippen LogP contribution < -0.4 is 10.6 Å². The van der Waals surface area contributed by atoms with Gasteiger partial charge in [0.15, 0.2) is 0 Å². The number of nitrogens with one attached hydrogen (secondary N) is 2. The van der Waals surface area contributed by atoms with Crippen LogP contribution in [0, 0.1) is 0 Å². The molecule has 0 spiro atoms. The minimum Gasteiger partial charge on any atom is -0.396 e. The number of halogens is 2. The van der Waals surface area contributed by atoms with E-state index in [2.05, 4.69) is 10.6 Å².